The summed E-state index contributed by atoms with van der Waals surface area (Å²) in [4.78, 5) is 3.59. The third-order valence-corrected chi connectivity index (χ3v) is 1.69. The number of anilines is 1. The van der Waals surface area contributed by atoms with E-state index in [2.05, 4.69) is 9.71 Å². The summed E-state index contributed by atoms with van der Waals surface area (Å²) in [6.07, 6.45) is 3.55. The number of aromatic hydroxyl groups is 1. The first-order chi connectivity index (χ1) is 5.49. The molecule has 1 rings (SSSR count). The average molecular weight is 188 g/mol. The second kappa shape index (κ2) is 2.98. The average Bonchev–Trinajstić information content (AvgIpc) is 1.91. The summed E-state index contributed by atoms with van der Waals surface area (Å²) in [5, 5.41) is 9.08. The zero-order valence-electron chi connectivity index (χ0n) is 6.35. The molecule has 0 atom stereocenters. The zero-order valence-corrected chi connectivity index (χ0v) is 7.17. The summed E-state index contributed by atoms with van der Waals surface area (Å²) < 4.78 is 23.6. The SMILES string of the molecule is CS(=O)(=O)Nc1ccncc1O. The van der Waals surface area contributed by atoms with Gasteiger partial charge in [0.05, 0.1) is 18.1 Å². The van der Waals surface area contributed by atoms with Gasteiger partial charge < -0.3 is 5.11 Å². The van der Waals surface area contributed by atoms with Crippen molar-refractivity contribution in [1.82, 2.24) is 4.98 Å². The minimum absolute atomic E-state index is 0.132. The van der Waals surface area contributed by atoms with Crippen LogP contribution < -0.4 is 4.72 Å². The summed E-state index contributed by atoms with van der Waals surface area (Å²) in [5.74, 6) is -0.192. The van der Waals surface area contributed by atoms with E-state index in [0.29, 0.717) is 0 Å². The van der Waals surface area contributed by atoms with Crippen LogP contribution in [0.2, 0.25) is 0 Å². The molecule has 0 amide bonds. The Balaban J connectivity index is 2.98. The Kier molecular flexibility index (Phi) is 2.18. The standard InChI is InChI=1S/C6H8N2O3S/c1-12(10,11)8-5-2-3-7-4-6(5)9/h2-4,9H,1H3,(H,7,8). The molecule has 12 heavy (non-hydrogen) atoms. The number of sulfonamides is 1. The highest BCUT2D eigenvalue weighted by atomic mass is 32.2. The third-order valence-electron chi connectivity index (χ3n) is 1.10. The molecule has 66 valence electrons. The maximum Gasteiger partial charge on any atom is 0.229 e. The van der Waals surface area contributed by atoms with E-state index < -0.39 is 10.0 Å². The van der Waals surface area contributed by atoms with Crippen molar-refractivity contribution >= 4 is 15.7 Å². The van der Waals surface area contributed by atoms with Crippen molar-refractivity contribution in [2.45, 2.75) is 0 Å². The smallest absolute Gasteiger partial charge is 0.229 e. The molecule has 0 saturated carbocycles. The number of hydrogen-bond donors (Lipinski definition) is 2. The van der Waals surface area contributed by atoms with Crippen molar-refractivity contribution in [3.8, 4) is 5.75 Å². The molecule has 0 unspecified atom stereocenters. The van der Waals surface area contributed by atoms with Crippen LogP contribution in [0.4, 0.5) is 5.69 Å². The first kappa shape index (κ1) is 8.79. The summed E-state index contributed by atoms with van der Waals surface area (Å²) in [6.45, 7) is 0. The Morgan fingerprint density at radius 3 is 2.75 bits per heavy atom. The maximum absolute atomic E-state index is 10.7. The molecule has 1 aromatic heterocycles. The van der Waals surface area contributed by atoms with Crippen molar-refractivity contribution in [2.75, 3.05) is 11.0 Å². The van der Waals surface area contributed by atoms with E-state index >= 15 is 0 Å². The van der Waals surface area contributed by atoms with E-state index in [4.69, 9.17) is 5.11 Å². The fraction of sp³-hybridized carbons (Fsp3) is 0.167. The second-order valence-electron chi connectivity index (χ2n) is 2.27. The molecule has 6 heteroatoms. The van der Waals surface area contributed by atoms with Gasteiger partial charge >= 0.3 is 0 Å². The second-order valence-corrected chi connectivity index (χ2v) is 4.02. The van der Waals surface area contributed by atoms with Gasteiger partial charge in [-0.1, -0.05) is 0 Å². The van der Waals surface area contributed by atoms with Crippen LogP contribution >= 0.6 is 0 Å². The van der Waals surface area contributed by atoms with Crippen LogP contribution in [-0.2, 0) is 10.0 Å². The van der Waals surface area contributed by atoms with Gasteiger partial charge in [0.2, 0.25) is 10.0 Å². The molecular formula is C6H8N2O3S. The largest absolute Gasteiger partial charge is 0.504 e. The highest BCUT2D eigenvalue weighted by molar-refractivity contribution is 7.92. The number of nitrogens with one attached hydrogen (secondary N) is 1. The van der Waals surface area contributed by atoms with Crippen molar-refractivity contribution in [1.29, 1.82) is 0 Å². The highest BCUT2D eigenvalue weighted by Crippen LogP contribution is 2.20. The molecular weight excluding hydrogens is 180 g/mol. The van der Waals surface area contributed by atoms with E-state index in [0.717, 1.165) is 12.5 Å². The third kappa shape index (κ3) is 2.39. The maximum atomic E-state index is 10.7. The van der Waals surface area contributed by atoms with Crippen LogP contribution in [0.25, 0.3) is 0 Å². The summed E-state index contributed by atoms with van der Waals surface area (Å²) in [7, 11) is -3.34. The highest BCUT2D eigenvalue weighted by Gasteiger charge is 2.04. The van der Waals surface area contributed by atoms with Gasteiger partial charge in [-0.15, -0.1) is 0 Å². The van der Waals surface area contributed by atoms with Crippen LogP contribution in [0.15, 0.2) is 18.5 Å². The lowest BCUT2D eigenvalue weighted by atomic mass is 10.4. The molecule has 2 N–H and O–H groups in total. The minimum Gasteiger partial charge on any atom is -0.504 e. The zero-order chi connectivity index (χ0) is 9.19. The van der Waals surface area contributed by atoms with Gasteiger partial charge in [0.15, 0.2) is 5.75 Å². The van der Waals surface area contributed by atoms with E-state index in [-0.39, 0.29) is 11.4 Å². The molecule has 0 aliphatic heterocycles. The van der Waals surface area contributed by atoms with Crippen LogP contribution in [0.5, 0.6) is 5.75 Å². The Morgan fingerprint density at radius 2 is 2.25 bits per heavy atom. The van der Waals surface area contributed by atoms with Crippen LogP contribution in [0, 0.1) is 0 Å². The Hall–Kier alpha value is -1.30. The Bertz CT molecular complexity index is 374. The molecule has 0 aliphatic rings. The van der Waals surface area contributed by atoms with Gasteiger partial charge in [-0.3, -0.25) is 9.71 Å². The number of pyridine rings is 1. The van der Waals surface area contributed by atoms with Crippen LogP contribution in [-0.4, -0.2) is 24.8 Å². The van der Waals surface area contributed by atoms with E-state index in [9.17, 15) is 8.42 Å². The molecule has 1 heterocycles. The van der Waals surface area contributed by atoms with Crippen molar-refractivity contribution < 1.29 is 13.5 Å². The number of nitrogens with zero attached hydrogens (tertiary/aromatic N) is 1. The lowest BCUT2D eigenvalue weighted by Crippen LogP contribution is -2.09. The van der Waals surface area contributed by atoms with Gasteiger partial charge in [-0.05, 0) is 6.07 Å². The van der Waals surface area contributed by atoms with E-state index in [1.807, 2.05) is 0 Å². The summed E-state index contributed by atoms with van der Waals surface area (Å²) in [6, 6.07) is 1.37. The number of aromatic nitrogens is 1. The molecule has 0 fully saturated rings. The number of rotatable bonds is 2. The summed E-state index contributed by atoms with van der Waals surface area (Å²) in [5.41, 5.74) is 0.132. The van der Waals surface area contributed by atoms with Crippen LogP contribution in [0.1, 0.15) is 0 Å². The predicted octanol–water partition coefficient (Wildman–Crippen LogP) is 0.159. The fourth-order valence-corrected chi connectivity index (χ4v) is 1.24. The first-order valence-electron chi connectivity index (χ1n) is 3.10. The normalized spacial score (nSPS) is 11.1. The van der Waals surface area contributed by atoms with Gasteiger partial charge in [0.1, 0.15) is 0 Å². The quantitative estimate of drug-likeness (QED) is 0.692. The molecule has 0 spiro atoms. The van der Waals surface area contributed by atoms with Gasteiger partial charge in [0.25, 0.3) is 0 Å². The fourth-order valence-electron chi connectivity index (χ4n) is 0.672. The molecule has 1 aromatic rings. The molecule has 5 nitrogen and oxygen atoms in total. The lowest BCUT2D eigenvalue weighted by molar-refractivity contribution is 0.475. The molecule has 0 radical (unpaired) electrons. The molecule has 0 aromatic carbocycles. The predicted molar refractivity (Wildman–Crippen MR) is 44.4 cm³/mol. The molecule has 0 bridgehead atoms. The van der Waals surface area contributed by atoms with Crippen LogP contribution in [0.3, 0.4) is 0 Å². The van der Waals surface area contributed by atoms with E-state index in [1.165, 1.54) is 12.3 Å². The van der Waals surface area contributed by atoms with Gasteiger partial charge in [0, 0.05) is 6.20 Å². The monoisotopic (exact) mass is 188 g/mol. The molecule has 0 aliphatic carbocycles. The summed E-state index contributed by atoms with van der Waals surface area (Å²) >= 11 is 0. The van der Waals surface area contributed by atoms with Gasteiger partial charge in [-0.25, -0.2) is 8.42 Å². The van der Waals surface area contributed by atoms with Crippen molar-refractivity contribution in [3.05, 3.63) is 18.5 Å². The Labute approximate surface area is 70.1 Å². The minimum atomic E-state index is -3.34. The van der Waals surface area contributed by atoms with Crippen molar-refractivity contribution in [3.63, 3.8) is 0 Å². The van der Waals surface area contributed by atoms with Crippen molar-refractivity contribution in [2.24, 2.45) is 0 Å². The topological polar surface area (TPSA) is 79.3 Å². The number of hydrogen-bond acceptors (Lipinski definition) is 4. The van der Waals surface area contributed by atoms with Gasteiger partial charge in [-0.2, -0.15) is 0 Å². The first-order valence-corrected chi connectivity index (χ1v) is 4.99. The Morgan fingerprint density at radius 1 is 1.58 bits per heavy atom. The lowest BCUT2D eigenvalue weighted by Gasteiger charge is -2.03. The molecule has 0 saturated heterocycles. The van der Waals surface area contributed by atoms with E-state index in [1.54, 1.807) is 0 Å².